The SMILES string of the molecule is Cn1c(-c2cnn(C)c(=O)c2)nnc1N1CCC[C@@H]1c1cc(-c2csc(Cl)c2)on1. The molecule has 0 aromatic carbocycles. The zero-order valence-corrected chi connectivity index (χ0v) is 17.9. The maximum atomic E-state index is 12.0. The molecule has 1 aliphatic heterocycles. The lowest BCUT2D eigenvalue weighted by molar-refractivity contribution is 0.416. The van der Waals surface area contributed by atoms with Gasteiger partial charge in [-0.15, -0.1) is 21.5 Å². The van der Waals surface area contributed by atoms with E-state index in [4.69, 9.17) is 16.1 Å². The van der Waals surface area contributed by atoms with Gasteiger partial charge >= 0.3 is 0 Å². The van der Waals surface area contributed by atoms with E-state index in [1.807, 2.05) is 29.1 Å². The van der Waals surface area contributed by atoms with Gasteiger partial charge in [0.2, 0.25) is 5.95 Å². The number of thiophene rings is 1. The number of aryl methyl sites for hydroxylation is 1. The molecular formula is C19H18ClN7O2S. The number of hydrogen-bond acceptors (Lipinski definition) is 8. The van der Waals surface area contributed by atoms with E-state index < -0.39 is 0 Å². The van der Waals surface area contributed by atoms with Crippen LogP contribution in [0.1, 0.15) is 24.6 Å². The van der Waals surface area contributed by atoms with Crippen molar-refractivity contribution < 1.29 is 4.52 Å². The second-order valence-corrected chi connectivity index (χ2v) is 8.74. The molecule has 0 aliphatic carbocycles. The lowest BCUT2D eigenvalue weighted by Gasteiger charge is -2.23. The summed E-state index contributed by atoms with van der Waals surface area (Å²) in [6.45, 7) is 0.831. The Balaban J connectivity index is 1.46. The van der Waals surface area contributed by atoms with E-state index in [2.05, 4.69) is 25.4 Å². The Morgan fingerprint density at radius 3 is 2.83 bits per heavy atom. The van der Waals surface area contributed by atoms with Crippen molar-refractivity contribution in [2.24, 2.45) is 14.1 Å². The summed E-state index contributed by atoms with van der Waals surface area (Å²) in [6, 6.07) is 5.38. The summed E-state index contributed by atoms with van der Waals surface area (Å²) in [6.07, 6.45) is 3.56. The molecule has 4 aromatic heterocycles. The fraction of sp³-hybridized carbons (Fsp3) is 0.316. The maximum absolute atomic E-state index is 12.0. The van der Waals surface area contributed by atoms with Crippen molar-refractivity contribution >= 4 is 28.9 Å². The van der Waals surface area contributed by atoms with Gasteiger partial charge in [-0.05, 0) is 18.9 Å². The summed E-state index contributed by atoms with van der Waals surface area (Å²) >= 11 is 7.50. The van der Waals surface area contributed by atoms with Crippen LogP contribution in [-0.4, -0.2) is 36.2 Å². The number of aromatic nitrogens is 6. The first-order valence-electron chi connectivity index (χ1n) is 9.42. The van der Waals surface area contributed by atoms with E-state index in [9.17, 15) is 4.79 Å². The fourth-order valence-corrected chi connectivity index (χ4v) is 4.62. The van der Waals surface area contributed by atoms with E-state index in [0.717, 1.165) is 36.6 Å². The topological polar surface area (TPSA) is 94.9 Å². The molecule has 5 heterocycles. The minimum absolute atomic E-state index is 0.0362. The first-order valence-corrected chi connectivity index (χ1v) is 10.7. The van der Waals surface area contributed by atoms with Crippen molar-refractivity contribution in [3.63, 3.8) is 0 Å². The van der Waals surface area contributed by atoms with Crippen LogP contribution >= 0.6 is 22.9 Å². The van der Waals surface area contributed by atoms with Crippen molar-refractivity contribution in [2.75, 3.05) is 11.4 Å². The molecule has 11 heteroatoms. The number of halogens is 1. The van der Waals surface area contributed by atoms with Gasteiger partial charge in [0.05, 0.1) is 16.6 Å². The Morgan fingerprint density at radius 2 is 2.07 bits per heavy atom. The molecule has 154 valence electrons. The summed E-state index contributed by atoms with van der Waals surface area (Å²) in [5.74, 6) is 2.01. The Bertz CT molecular complexity index is 1270. The Kier molecular flexibility index (Phi) is 4.67. The minimum Gasteiger partial charge on any atom is -0.356 e. The molecule has 1 atom stereocenters. The van der Waals surface area contributed by atoms with E-state index in [1.165, 1.54) is 22.1 Å². The zero-order valence-electron chi connectivity index (χ0n) is 16.3. The van der Waals surface area contributed by atoms with Crippen LogP contribution in [0.2, 0.25) is 4.34 Å². The number of hydrogen-bond donors (Lipinski definition) is 0. The molecule has 0 radical (unpaired) electrons. The van der Waals surface area contributed by atoms with Crippen LogP contribution in [0.15, 0.2) is 39.1 Å². The van der Waals surface area contributed by atoms with Gasteiger partial charge in [0.15, 0.2) is 11.6 Å². The molecule has 0 N–H and O–H groups in total. The second-order valence-electron chi connectivity index (χ2n) is 7.20. The summed E-state index contributed by atoms with van der Waals surface area (Å²) in [7, 11) is 3.50. The predicted octanol–water partition coefficient (Wildman–Crippen LogP) is 3.29. The molecule has 0 spiro atoms. The molecule has 1 aliphatic rings. The van der Waals surface area contributed by atoms with Crippen LogP contribution in [-0.2, 0) is 14.1 Å². The van der Waals surface area contributed by atoms with Gasteiger partial charge in [-0.3, -0.25) is 9.36 Å². The molecule has 0 bridgehead atoms. The Morgan fingerprint density at radius 1 is 1.20 bits per heavy atom. The molecule has 0 saturated carbocycles. The van der Waals surface area contributed by atoms with E-state index >= 15 is 0 Å². The molecule has 5 rings (SSSR count). The van der Waals surface area contributed by atoms with Crippen LogP contribution in [0.4, 0.5) is 5.95 Å². The quantitative estimate of drug-likeness (QED) is 0.477. The van der Waals surface area contributed by atoms with Crippen molar-refractivity contribution in [1.29, 1.82) is 0 Å². The molecule has 0 unspecified atom stereocenters. The Labute approximate surface area is 180 Å². The van der Waals surface area contributed by atoms with Gasteiger partial charge in [0.25, 0.3) is 5.56 Å². The van der Waals surface area contributed by atoms with Crippen molar-refractivity contribution in [2.45, 2.75) is 18.9 Å². The van der Waals surface area contributed by atoms with Gasteiger partial charge < -0.3 is 9.42 Å². The molecule has 1 fully saturated rings. The van der Waals surface area contributed by atoms with Gasteiger partial charge in [-0.25, -0.2) is 4.68 Å². The van der Waals surface area contributed by atoms with Crippen molar-refractivity contribution in [3.05, 3.63) is 50.2 Å². The van der Waals surface area contributed by atoms with Crippen LogP contribution in [0.3, 0.4) is 0 Å². The van der Waals surface area contributed by atoms with E-state index in [0.29, 0.717) is 21.5 Å². The number of nitrogens with zero attached hydrogens (tertiary/aromatic N) is 7. The minimum atomic E-state index is -0.195. The van der Waals surface area contributed by atoms with E-state index in [1.54, 1.807) is 13.2 Å². The molecular weight excluding hydrogens is 426 g/mol. The third-order valence-electron chi connectivity index (χ3n) is 5.31. The highest BCUT2D eigenvalue weighted by molar-refractivity contribution is 7.14. The van der Waals surface area contributed by atoms with E-state index in [-0.39, 0.29) is 11.6 Å². The molecule has 9 nitrogen and oxygen atoms in total. The van der Waals surface area contributed by atoms with Crippen molar-refractivity contribution in [3.8, 4) is 22.7 Å². The highest BCUT2D eigenvalue weighted by atomic mass is 35.5. The standard InChI is InChI=1S/C19H18ClN7O2S/c1-25-18(11-7-17(28)26(2)21-9-11)22-23-19(25)27-5-3-4-14(27)13-8-15(29-24-13)12-6-16(20)30-10-12/h6-10,14H,3-5H2,1-2H3/t14-/m1/s1. The van der Waals surface area contributed by atoms with Crippen LogP contribution in [0.5, 0.6) is 0 Å². The van der Waals surface area contributed by atoms with Gasteiger partial charge in [-0.1, -0.05) is 16.8 Å². The summed E-state index contributed by atoms with van der Waals surface area (Å²) in [5.41, 5.74) is 2.21. The van der Waals surface area contributed by atoms with Crippen molar-refractivity contribution in [1.82, 2.24) is 29.7 Å². The highest BCUT2D eigenvalue weighted by Crippen LogP contribution is 2.37. The summed E-state index contributed by atoms with van der Waals surface area (Å²) < 4.78 is 9.44. The van der Waals surface area contributed by atoms with Gasteiger partial charge in [0.1, 0.15) is 5.69 Å². The number of anilines is 1. The van der Waals surface area contributed by atoms with Crippen LogP contribution in [0, 0.1) is 0 Å². The lowest BCUT2D eigenvalue weighted by Crippen LogP contribution is -2.25. The fourth-order valence-electron chi connectivity index (χ4n) is 3.75. The number of rotatable bonds is 4. The first-order chi connectivity index (χ1) is 14.5. The van der Waals surface area contributed by atoms with Crippen LogP contribution in [0.25, 0.3) is 22.7 Å². The summed E-state index contributed by atoms with van der Waals surface area (Å²) in [5, 5.41) is 19.0. The molecule has 4 aromatic rings. The van der Waals surface area contributed by atoms with Crippen LogP contribution < -0.4 is 10.5 Å². The Hall–Kier alpha value is -2.98. The largest absolute Gasteiger partial charge is 0.356 e. The average Bonchev–Trinajstić information content (AvgIpc) is 3.49. The third-order valence-corrected chi connectivity index (χ3v) is 6.40. The first kappa shape index (κ1) is 19.0. The van der Waals surface area contributed by atoms with Gasteiger partial charge in [-0.2, -0.15) is 5.10 Å². The third kappa shape index (κ3) is 3.21. The zero-order chi connectivity index (χ0) is 20.8. The van der Waals surface area contributed by atoms with Gasteiger partial charge in [0, 0.05) is 49.3 Å². The average molecular weight is 444 g/mol. The predicted molar refractivity (Wildman–Crippen MR) is 114 cm³/mol. The maximum Gasteiger partial charge on any atom is 0.267 e. The molecule has 1 saturated heterocycles. The smallest absolute Gasteiger partial charge is 0.267 e. The normalized spacial score (nSPS) is 16.5. The lowest BCUT2D eigenvalue weighted by atomic mass is 10.1. The molecule has 30 heavy (non-hydrogen) atoms. The monoisotopic (exact) mass is 443 g/mol. The molecule has 0 amide bonds. The summed E-state index contributed by atoms with van der Waals surface area (Å²) in [4.78, 5) is 14.1. The highest BCUT2D eigenvalue weighted by Gasteiger charge is 2.32. The second kappa shape index (κ2) is 7.37.